The van der Waals surface area contributed by atoms with Gasteiger partial charge in [0.05, 0.1) is 0 Å². The van der Waals surface area contributed by atoms with E-state index in [-0.39, 0.29) is 0 Å². The van der Waals surface area contributed by atoms with Crippen molar-refractivity contribution in [3.63, 3.8) is 0 Å². The molecule has 5 nitrogen and oxygen atoms in total. The van der Waals surface area contributed by atoms with Crippen LogP contribution in [-0.2, 0) is 4.79 Å². The first-order chi connectivity index (χ1) is 5.68. The number of hydrogen-bond donors (Lipinski definition) is 2. The van der Waals surface area contributed by atoms with E-state index in [4.69, 9.17) is 10.8 Å². The van der Waals surface area contributed by atoms with E-state index in [1.807, 2.05) is 0 Å². The van der Waals surface area contributed by atoms with Gasteiger partial charge in [-0.15, -0.1) is 0 Å². The molecule has 13 heavy (non-hydrogen) atoms. The number of nitrogens with zero attached hydrogens (tertiary/aromatic N) is 1. The Morgan fingerprint density at radius 1 is 1.38 bits per heavy atom. The predicted octanol–water partition coefficient (Wildman–Crippen LogP) is 0.639. The number of carbonyl (C=O) groups is 2. The van der Waals surface area contributed by atoms with Crippen molar-refractivity contribution in [1.82, 2.24) is 4.90 Å². The highest BCUT2D eigenvalue weighted by Crippen LogP contribution is 2.16. The van der Waals surface area contributed by atoms with Gasteiger partial charge in [0.2, 0.25) is 5.91 Å². The number of carboxylic acid groups (broad SMARTS) is 1. The molecule has 5 heteroatoms. The summed E-state index contributed by atoms with van der Waals surface area (Å²) in [6.07, 6.45) is -1.14. The third kappa shape index (κ3) is 2.93. The molecule has 0 heterocycles. The fraction of sp³-hybridized carbons (Fsp3) is 0.750. The summed E-state index contributed by atoms with van der Waals surface area (Å²) in [5, 5.41) is 8.85. The van der Waals surface area contributed by atoms with Gasteiger partial charge in [0, 0.05) is 5.54 Å². The summed E-state index contributed by atoms with van der Waals surface area (Å²) in [6.45, 7) is 6.60. The second kappa shape index (κ2) is 3.64. The molecule has 0 aromatic heterocycles. The molecular weight excluding hydrogens is 172 g/mol. The van der Waals surface area contributed by atoms with E-state index >= 15 is 0 Å². The highest BCUT2D eigenvalue weighted by molar-refractivity contribution is 5.83. The van der Waals surface area contributed by atoms with Crippen LogP contribution in [0.15, 0.2) is 0 Å². The molecule has 0 saturated carbocycles. The van der Waals surface area contributed by atoms with Crippen molar-refractivity contribution in [2.24, 2.45) is 5.73 Å². The van der Waals surface area contributed by atoms with Crippen molar-refractivity contribution < 1.29 is 14.7 Å². The van der Waals surface area contributed by atoms with Gasteiger partial charge in [0.1, 0.15) is 6.04 Å². The van der Waals surface area contributed by atoms with Crippen LogP contribution >= 0.6 is 0 Å². The van der Waals surface area contributed by atoms with E-state index in [0.717, 1.165) is 4.90 Å². The second-order valence-electron chi connectivity index (χ2n) is 3.90. The van der Waals surface area contributed by atoms with Gasteiger partial charge in [0.15, 0.2) is 0 Å². The molecule has 0 aliphatic rings. The largest absolute Gasteiger partial charge is 0.465 e. The zero-order chi connectivity index (χ0) is 10.8. The average molecular weight is 188 g/mol. The summed E-state index contributed by atoms with van der Waals surface area (Å²) in [6, 6.07) is -0.808. The van der Waals surface area contributed by atoms with E-state index < -0.39 is 23.6 Å². The lowest BCUT2D eigenvalue weighted by Gasteiger charge is -2.36. The number of nitrogens with two attached hydrogens (primary N) is 1. The second-order valence-corrected chi connectivity index (χ2v) is 3.90. The number of carbonyl (C=O) groups excluding carboxylic acids is 1. The van der Waals surface area contributed by atoms with Gasteiger partial charge in [-0.05, 0) is 27.7 Å². The Kier molecular flexibility index (Phi) is 3.28. The van der Waals surface area contributed by atoms with Crippen LogP contribution in [0.3, 0.4) is 0 Å². The number of primary amides is 1. The fourth-order valence-corrected chi connectivity index (χ4v) is 1.16. The standard InChI is InChI=1S/C8H16N2O3/c1-5(6(9)11)10(7(12)13)8(2,3)4/h5H,1-4H3,(H2,9,11)(H,12,13)/t5-/m1/s1. The molecule has 2 amide bonds. The Hall–Kier alpha value is -1.26. The first kappa shape index (κ1) is 11.7. The van der Waals surface area contributed by atoms with E-state index in [1.54, 1.807) is 20.8 Å². The maximum atomic E-state index is 10.8. The number of rotatable bonds is 2. The van der Waals surface area contributed by atoms with Crippen LogP contribution in [0.4, 0.5) is 4.79 Å². The quantitative estimate of drug-likeness (QED) is 0.667. The third-order valence-corrected chi connectivity index (χ3v) is 1.73. The zero-order valence-electron chi connectivity index (χ0n) is 8.37. The van der Waals surface area contributed by atoms with E-state index in [0.29, 0.717) is 0 Å². The SMILES string of the molecule is C[C@H](C(N)=O)N(C(=O)O)C(C)(C)C. The van der Waals surface area contributed by atoms with Gasteiger partial charge in [-0.3, -0.25) is 9.69 Å². The summed E-state index contributed by atoms with van der Waals surface area (Å²) < 4.78 is 0. The van der Waals surface area contributed by atoms with Crippen molar-refractivity contribution in [1.29, 1.82) is 0 Å². The van der Waals surface area contributed by atoms with Gasteiger partial charge < -0.3 is 10.8 Å². The predicted molar refractivity (Wildman–Crippen MR) is 48.3 cm³/mol. The molecular formula is C8H16N2O3. The van der Waals surface area contributed by atoms with Crippen molar-refractivity contribution >= 4 is 12.0 Å². The average Bonchev–Trinajstić information content (AvgIpc) is 1.82. The summed E-state index contributed by atoms with van der Waals surface area (Å²) in [4.78, 5) is 22.7. The monoisotopic (exact) mass is 188 g/mol. The fourth-order valence-electron chi connectivity index (χ4n) is 1.16. The zero-order valence-corrected chi connectivity index (χ0v) is 8.37. The first-order valence-electron chi connectivity index (χ1n) is 3.99. The molecule has 0 spiro atoms. The van der Waals surface area contributed by atoms with Crippen molar-refractivity contribution in [2.75, 3.05) is 0 Å². The van der Waals surface area contributed by atoms with Crippen molar-refractivity contribution in [2.45, 2.75) is 39.3 Å². The molecule has 0 aliphatic carbocycles. The third-order valence-electron chi connectivity index (χ3n) is 1.73. The molecule has 0 aromatic carbocycles. The lowest BCUT2D eigenvalue weighted by atomic mass is 10.0. The number of hydrogen-bond acceptors (Lipinski definition) is 2. The lowest BCUT2D eigenvalue weighted by Crippen LogP contribution is -2.54. The maximum absolute atomic E-state index is 10.8. The first-order valence-corrected chi connectivity index (χ1v) is 3.99. The minimum atomic E-state index is -1.14. The molecule has 0 bridgehead atoms. The van der Waals surface area contributed by atoms with Crippen LogP contribution in [-0.4, -0.2) is 33.6 Å². The topological polar surface area (TPSA) is 83.6 Å². The van der Waals surface area contributed by atoms with Crippen LogP contribution in [0.25, 0.3) is 0 Å². The molecule has 3 N–H and O–H groups in total. The van der Waals surface area contributed by atoms with Gasteiger partial charge in [-0.1, -0.05) is 0 Å². The highest BCUT2D eigenvalue weighted by Gasteiger charge is 2.33. The molecule has 0 unspecified atom stereocenters. The highest BCUT2D eigenvalue weighted by atomic mass is 16.4. The molecule has 0 aromatic rings. The Morgan fingerprint density at radius 3 is 1.85 bits per heavy atom. The molecule has 1 atom stereocenters. The van der Waals surface area contributed by atoms with Crippen molar-refractivity contribution in [3.8, 4) is 0 Å². The van der Waals surface area contributed by atoms with Crippen LogP contribution < -0.4 is 5.73 Å². The van der Waals surface area contributed by atoms with Gasteiger partial charge in [-0.25, -0.2) is 4.79 Å². The lowest BCUT2D eigenvalue weighted by molar-refractivity contribution is -0.123. The molecule has 0 radical (unpaired) electrons. The Labute approximate surface area is 77.5 Å². The maximum Gasteiger partial charge on any atom is 0.408 e. The minimum Gasteiger partial charge on any atom is -0.465 e. The normalized spacial score (nSPS) is 13.5. The van der Waals surface area contributed by atoms with E-state index in [1.165, 1.54) is 6.92 Å². The van der Waals surface area contributed by atoms with E-state index in [2.05, 4.69) is 0 Å². The minimum absolute atomic E-state index is 0.625. The molecule has 0 rings (SSSR count). The van der Waals surface area contributed by atoms with Gasteiger partial charge in [0.25, 0.3) is 0 Å². The smallest absolute Gasteiger partial charge is 0.408 e. The van der Waals surface area contributed by atoms with Gasteiger partial charge in [-0.2, -0.15) is 0 Å². The van der Waals surface area contributed by atoms with Gasteiger partial charge >= 0.3 is 6.09 Å². The van der Waals surface area contributed by atoms with Crippen LogP contribution in [0.1, 0.15) is 27.7 Å². The molecule has 0 aliphatic heterocycles. The Balaban J connectivity index is 4.83. The van der Waals surface area contributed by atoms with Crippen LogP contribution in [0.2, 0.25) is 0 Å². The molecule has 76 valence electrons. The van der Waals surface area contributed by atoms with E-state index in [9.17, 15) is 9.59 Å². The Morgan fingerprint density at radius 2 is 1.77 bits per heavy atom. The van der Waals surface area contributed by atoms with Crippen LogP contribution in [0.5, 0.6) is 0 Å². The summed E-state index contributed by atoms with van der Waals surface area (Å²) in [5.74, 6) is -0.641. The van der Waals surface area contributed by atoms with Crippen LogP contribution in [0, 0.1) is 0 Å². The van der Waals surface area contributed by atoms with Crippen molar-refractivity contribution in [3.05, 3.63) is 0 Å². The Bertz CT molecular complexity index is 220. The molecule has 0 fully saturated rings. The number of amides is 2. The summed E-state index contributed by atoms with van der Waals surface area (Å²) in [5.41, 5.74) is 4.40. The summed E-state index contributed by atoms with van der Waals surface area (Å²) >= 11 is 0. The molecule has 0 saturated heterocycles. The summed E-state index contributed by atoms with van der Waals surface area (Å²) in [7, 11) is 0.